The van der Waals surface area contributed by atoms with E-state index < -0.39 is 0 Å². The SMILES string of the molecule is CC1CCCCC1N(C)C(=S)NC1CCCCC1. The van der Waals surface area contributed by atoms with Gasteiger partial charge in [0, 0.05) is 19.1 Å². The van der Waals surface area contributed by atoms with Crippen LogP contribution in [0.1, 0.15) is 64.7 Å². The van der Waals surface area contributed by atoms with Crippen molar-refractivity contribution >= 4 is 17.3 Å². The van der Waals surface area contributed by atoms with Crippen LogP contribution >= 0.6 is 12.2 Å². The van der Waals surface area contributed by atoms with Gasteiger partial charge in [0.15, 0.2) is 5.11 Å². The third-order valence-corrected chi connectivity index (χ3v) is 5.22. The lowest BCUT2D eigenvalue weighted by atomic mass is 9.85. The van der Waals surface area contributed by atoms with Crippen LogP contribution in [0.2, 0.25) is 0 Å². The van der Waals surface area contributed by atoms with Crippen molar-refractivity contribution in [3.05, 3.63) is 0 Å². The van der Waals surface area contributed by atoms with E-state index in [9.17, 15) is 0 Å². The van der Waals surface area contributed by atoms with E-state index in [1.807, 2.05) is 0 Å². The van der Waals surface area contributed by atoms with Gasteiger partial charge in [0.25, 0.3) is 0 Å². The quantitative estimate of drug-likeness (QED) is 0.769. The lowest BCUT2D eigenvalue weighted by Crippen LogP contribution is -2.50. The highest BCUT2D eigenvalue weighted by atomic mass is 32.1. The molecule has 18 heavy (non-hydrogen) atoms. The van der Waals surface area contributed by atoms with Crippen molar-refractivity contribution < 1.29 is 0 Å². The maximum absolute atomic E-state index is 5.61. The molecule has 0 spiro atoms. The van der Waals surface area contributed by atoms with E-state index in [1.54, 1.807) is 0 Å². The Morgan fingerprint density at radius 3 is 2.28 bits per heavy atom. The van der Waals surface area contributed by atoms with Crippen molar-refractivity contribution in [2.24, 2.45) is 5.92 Å². The summed E-state index contributed by atoms with van der Waals surface area (Å²) in [5, 5.41) is 4.58. The van der Waals surface area contributed by atoms with Gasteiger partial charge in [-0.05, 0) is 43.8 Å². The molecule has 0 aliphatic heterocycles. The predicted octanol–water partition coefficient (Wildman–Crippen LogP) is 3.70. The molecule has 1 N–H and O–H groups in total. The van der Waals surface area contributed by atoms with Gasteiger partial charge in [-0.2, -0.15) is 0 Å². The number of thiocarbonyl (C=S) groups is 1. The molecule has 0 amide bonds. The van der Waals surface area contributed by atoms with Crippen molar-refractivity contribution in [1.29, 1.82) is 0 Å². The molecule has 0 heterocycles. The molecule has 2 fully saturated rings. The normalized spacial score (nSPS) is 29.9. The fourth-order valence-electron chi connectivity index (χ4n) is 3.55. The molecule has 2 aliphatic carbocycles. The van der Waals surface area contributed by atoms with E-state index in [2.05, 4.69) is 24.2 Å². The Balaban J connectivity index is 1.83. The Bertz CT molecular complexity index is 274. The van der Waals surface area contributed by atoms with Gasteiger partial charge in [0.2, 0.25) is 0 Å². The summed E-state index contributed by atoms with van der Waals surface area (Å²) in [4.78, 5) is 2.34. The molecule has 3 heteroatoms. The molecule has 2 atom stereocenters. The first kappa shape index (κ1) is 14.1. The first-order valence-electron chi connectivity index (χ1n) is 7.72. The largest absolute Gasteiger partial charge is 0.360 e. The highest BCUT2D eigenvalue weighted by Gasteiger charge is 2.27. The zero-order chi connectivity index (χ0) is 13.0. The fourth-order valence-corrected chi connectivity index (χ4v) is 3.85. The zero-order valence-corrected chi connectivity index (χ0v) is 12.8. The Morgan fingerprint density at radius 1 is 1.00 bits per heavy atom. The highest BCUT2D eigenvalue weighted by molar-refractivity contribution is 7.80. The van der Waals surface area contributed by atoms with Gasteiger partial charge in [-0.25, -0.2) is 0 Å². The smallest absolute Gasteiger partial charge is 0.169 e. The monoisotopic (exact) mass is 268 g/mol. The van der Waals surface area contributed by atoms with Crippen molar-refractivity contribution in [3.63, 3.8) is 0 Å². The van der Waals surface area contributed by atoms with Crippen LogP contribution in [0.15, 0.2) is 0 Å². The van der Waals surface area contributed by atoms with Crippen molar-refractivity contribution in [2.45, 2.75) is 76.8 Å². The Hall–Kier alpha value is -0.310. The van der Waals surface area contributed by atoms with Crippen LogP contribution in [0.25, 0.3) is 0 Å². The van der Waals surface area contributed by atoms with E-state index in [4.69, 9.17) is 12.2 Å². The van der Waals surface area contributed by atoms with Crippen molar-refractivity contribution in [2.75, 3.05) is 7.05 Å². The van der Waals surface area contributed by atoms with Gasteiger partial charge in [-0.1, -0.05) is 39.0 Å². The first-order chi connectivity index (χ1) is 8.68. The van der Waals surface area contributed by atoms with Crippen LogP contribution in [-0.4, -0.2) is 29.1 Å². The molecule has 0 saturated heterocycles. The summed E-state index contributed by atoms with van der Waals surface area (Å²) in [5.41, 5.74) is 0. The number of nitrogens with one attached hydrogen (secondary N) is 1. The van der Waals surface area contributed by atoms with E-state index in [1.165, 1.54) is 57.8 Å². The first-order valence-corrected chi connectivity index (χ1v) is 8.12. The molecule has 2 aliphatic rings. The summed E-state index contributed by atoms with van der Waals surface area (Å²) in [5.74, 6) is 0.787. The molecule has 2 rings (SSSR count). The topological polar surface area (TPSA) is 15.3 Å². The standard InChI is InChI=1S/C15H28N2S/c1-12-8-6-7-11-14(12)17(2)15(18)16-13-9-4-3-5-10-13/h12-14H,3-11H2,1-2H3,(H,16,18). The van der Waals surface area contributed by atoms with Crippen molar-refractivity contribution in [3.8, 4) is 0 Å². The zero-order valence-electron chi connectivity index (χ0n) is 12.0. The second-order valence-corrected chi connectivity index (χ2v) is 6.61. The van der Waals surface area contributed by atoms with Crippen LogP contribution in [0, 0.1) is 5.92 Å². The van der Waals surface area contributed by atoms with Crippen LogP contribution in [0.5, 0.6) is 0 Å². The Labute approximate surface area is 118 Å². The number of nitrogens with zero attached hydrogens (tertiary/aromatic N) is 1. The maximum atomic E-state index is 5.61. The average molecular weight is 268 g/mol. The second kappa shape index (κ2) is 6.74. The molecule has 2 nitrogen and oxygen atoms in total. The summed E-state index contributed by atoms with van der Waals surface area (Å²) in [6.07, 6.45) is 12.2. The number of hydrogen-bond acceptors (Lipinski definition) is 1. The van der Waals surface area contributed by atoms with Crippen LogP contribution in [0.3, 0.4) is 0 Å². The van der Waals surface area contributed by atoms with E-state index in [0.717, 1.165) is 11.0 Å². The second-order valence-electron chi connectivity index (χ2n) is 6.22. The van der Waals surface area contributed by atoms with Gasteiger partial charge >= 0.3 is 0 Å². The van der Waals surface area contributed by atoms with Crippen LogP contribution < -0.4 is 5.32 Å². The third kappa shape index (κ3) is 3.59. The molecule has 2 saturated carbocycles. The summed E-state index contributed by atoms with van der Waals surface area (Å²) >= 11 is 5.61. The summed E-state index contributed by atoms with van der Waals surface area (Å²) in [6, 6.07) is 1.29. The summed E-state index contributed by atoms with van der Waals surface area (Å²) < 4.78 is 0. The van der Waals surface area contributed by atoms with Crippen LogP contribution in [0.4, 0.5) is 0 Å². The fraction of sp³-hybridized carbons (Fsp3) is 0.933. The molecule has 0 radical (unpaired) electrons. The minimum Gasteiger partial charge on any atom is -0.360 e. The molecule has 104 valence electrons. The molecular formula is C15H28N2S. The predicted molar refractivity (Wildman–Crippen MR) is 81.8 cm³/mol. The lowest BCUT2D eigenvalue weighted by molar-refractivity contribution is 0.201. The van der Waals surface area contributed by atoms with Crippen molar-refractivity contribution in [1.82, 2.24) is 10.2 Å². The summed E-state index contributed by atoms with van der Waals surface area (Å²) in [6.45, 7) is 2.38. The molecule has 2 unspecified atom stereocenters. The van der Waals surface area contributed by atoms with Gasteiger partial charge in [0.05, 0.1) is 0 Å². The molecule has 0 aromatic heterocycles. The maximum Gasteiger partial charge on any atom is 0.169 e. The lowest BCUT2D eigenvalue weighted by Gasteiger charge is -2.39. The highest BCUT2D eigenvalue weighted by Crippen LogP contribution is 2.27. The van der Waals surface area contributed by atoms with Gasteiger partial charge in [-0.15, -0.1) is 0 Å². The van der Waals surface area contributed by atoms with E-state index >= 15 is 0 Å². The third-order valence-electron chi connectivity index (χ3n) is 4.82. The van der Waals surface area contributed by atoms with E-state index in [0.29, 0.717) is 12.1 Å². The minimum atomic E-state index is 0.632. The summed E-state index contributed by atoms with van der Waals surface area (Å²) in [7, 11) is 2.19. The Kier molecular flexibility index (Phi) is 5.28. The average Bonchev–Trinajstić information content (AvgIpc) is 2.39. The molecular weight excluding hydrogens is 240 g/mol. The minimum absolute atomic E-state index is 0.632. The number of hydrogen-bond donors (Lipinski definition) is 1. The van der Waals surface area contributed by atoms with E-state index in [-0.39, 0.29) is 0 Å². The van der Waals surface area contributed by atoms with Crippen LogP contribution in [-0.2, 0) is 0 Å². The van der Waals surface area contributed by atoms with Gasteiger partial charge in [-0.3, -0.25) is 0 Å². The van der Waals surface area contributed by atoms with Gasteiger partial charge < -0.3 is 10.2 Å². The van der Waals surface area contributed by atoms with Gasteiger partial charge in [0.1, 0.15) is 0 Å². The molecule has 0 aromatic carbocycles. The Morgan fingerprint density at radius 2 is 1.61 bits per heavy atom. The molecule has 0 bridgehead atoms. The molecule has 0 aromatic rings. The number of rotatable bonds is 2.